The van der Waals surface area contributed by atoms with Crippen molar-refractivity contribution in [3.63, 3.8) is 0 Å². The fourth-order valence-corrected chi connectivity index (χ4v) is 6.69. The molecule has 1 aliphatic rings. The van der Waals surface area contributed by atoms with E-state index in [9.17, 15) is 0 Å². The summed E-state index contributed by atoms with van der Waals surface area (Å²) >= 11 is 0. The number of hydrogen-bond donors (Lipinski definition) is 1. The van der Waals surface area contributed by atoms with Gasteiger partial charge >= 0.3 is 0 Å². The number of allylic oxidation sites excluding steroid dienone is 5. The van der Waals surface area contributed by atoms with Crippen LogP contribution in [0.4, 0.5) is 0 Å². The van der Waals surface area contributed by atoms with Crippen LogP contribution in [-0.2, 0) is 6.42 Å². The maximum absolute atomic E-state index is 6.73. The highest BCUT2D eigenvalue weighted by atomic mass is 14.6. The molecule has 2 N–H and O–H groups in total. The molecule has 1 heteroatoms. The van der Waals surface area contributed by atoms with Crippen LogP contribution in [0.25, 0.3) is 33.9 Å². The lowest BCUT2D eigenvalue weighted by atomic mass is 9.82. The first-order chi connectivity index (χ1) is 21.8. The quantitative estimate of drug-likeness (QED) is 0.136. The first-order valence-corrected chi connectivity index (χ1v) is 17.7. The van der Waals surface area contributed by atoms with Gasteiger partial charge in [0.05, 0.1) is 0 Å². The van der Waals surface area contributed by atoms with Crippen LogP contribution in [-0.4, -0.2) is 6.04 Å². The van der Waals surface area contributed by atoms with Crippen LogP contribution in [0, 0.1) is 13.8 Å². The smallest absolute Gasteiger partial charge is 0.0232 e. The lowest BCUT2D eigenvalue weighted by molar-refractivity contribution is 0.670. The SMILES string of the molecule is C=C(/C(=C\C(N)CCC)c1cc(C)c(C=C2CCC2)c(-c2ccc(/C(=C/CCCC)CCC)cc2)c1)c1cccc(C)c1CC. The maximum Gasteiger partial charge on any atom is 0.0232 e. The summed E-state index contributed by atoms with van der Waals surface area (Å²) < 4.78 is 0. The molecule has 1 nitrogen and oxygen atoms in total. The second-order valence-corrected chi connectivity index (χ2v) is 13.1. The van der Waals surface area contributed by atoms with E-state index in [2.05, 4.69) is 114 Å². The summed E-state index contributed by atoms with van der Waals surface area (Å²) in [5.74, 6) is 0. The standard InChI is InChI=1S/C44H57N/c1-8-12-13-21-35(16-9-2)36-23-25-37(26-24-36)44-29-38(27-32(6)42(44)28-34-19-15-20-34)43(30-39(45)17-10-3)33(7)41-22-14-18-31(5)40(41)11-4/h14,18,21-30,39H,7-13,15-17,19-20,45H2,1-6H3/b35-21+,43-30+. The molecule has 0 spiro atoms. The van der Waals surface area contributed by atoms with Gasteiger partial charge in [-0.25, -0.2) is 0 Å². The Kier molecular flexibility index (Phi) is 12.8. The fourth-order valence-electron chi connectivity index (χ4n) is 6.69. The number of rotatable bonds is 15. The number of unbranched alkanes of at least 4 members (excludes halogenated alkanes) is 2. The van der Waals surface area contributed by atoms with Crippen LogP contribution in [0.1, 0.15) is 131 Å². The molecule has 0 amide bonds. The average Bonchev–Trinajstić information content (AvgIpc) is 3.01. The molecule has 1 fully saturated rings. The van der Waals surface area contributed by atoms with Crippen LogP contribution in [0.15, 0.2) is 78.9 Å². The van der Waals surface area contributed by atoms with E-state index in [-0.39, 0.29) is 6.04 Å². The molecule has 1 unspecified atom stereocenters. The molecule has 0 aromatic heterocycles. The van der Waals surface area contributed by atoms with Gasteiger partial charge in [0.15, 0.2) is 0 Å². The molecule has 0 saturated heterocycles. The first kappa shape index (κ1) is 34.5. The minimum Gasteiger partial charge on any atom is -0.324 e. The predicted molar refractivity (Wildman–Crippen MR) is 201 cm³/mol. The summed E-state index contributed by atoms with van der Waals surface area (Å²) in [7, 11) is 0. The Hall–Kier alpha value is -3.42. The molecule has 0 bridgehead atoms. The second-order valence-electron chi connectivity index (χ2n) is 13.1. The van der Waals surface area contributed by atoms with Gasteiger partial charge in [-0.1, -0.05) is 132 Å². The zero-order valence-corrected chi connectivity index (χ0v) is 29.1. The highest BCUT2D eigenvalue weighted by Gasteiger charge is 2.19. The predicted octanol–water partition coefficient (Wildman–Crippen LogP) is 12.7. The zero-order valence-electron chi connectivity index (χ0n) is 29.1. The largest absolute Gasteiger partial charge is 0.324 e. The maximum atomic E-state index is 6.73. The molecule has 3 aromatic carbocycles. The van der Waals surface area contributed by atoms with Crippen LogP contribution < -0.4 is 5.73 Å². The minimum absolute atomic E-state index is 0.0204. The third-order valence-electron chi connectivity index (χ3n) is 9.49. The van der Waals surface area contributed by atoms with Crippen molar-refractivity contribution in [1.29, 1.82) is 0 Å². The Labute approximate surface area is 275 Å². The van der Waals surface area contributed by atoms with E-state index in [0.717, 1.165) is 43.3 Å². The van der Waals surface area contributed by atoms with Crippen molar-refractivity contribution in [3.05, 3.63) is 118 Å². The van der Waals surface area contributed by atoms with E-state index in [1.54, 1.807) is 5.57 Å². The van der Waals surface area contributed by atoms with E-state index >= 15 is 0 Å². The van der Waals surface area contributed by atoms with E-state index in [4.69, 9.17) is 12.3 Å². The summed E-state index contributed by atoms with van der Waals surface area (Å²) in [5, 5.41) is 0. The van der Waals surface area contributed by atoms with Crippen molar-refractivity contribution in [2.45, 2.75) is 118 Å². The molecule has 1 atom stereocenters. The topological polar surface area (TPSA) is 26.0 Å². The van der Waals surface area contributed by atoms with Crippen molar-refractivity contribution in [1.82, 2.24) is 0 Å². The number of benzene rings is 3. The van der Waals surface area contributed by atoms with Gasteiger partial charge in [-0.15, -0.1) is 0 Å². The van der Waals surface area contributed by atoms with Gasteiger partial charge < -0.3 is 5.73 Å². The lowest BCUT2D eigenvalue weighted by Crippen LogP contribution is -2.17. The molecule has 1 saturated carbocycles. The molecule has 0 heterocycles. The summed E-state index contributed by atoms with van der Waals surface area (Å²) in [6.45, 7) is 18.2. The Morgan fingerprint density at radius 1 is 0.889 bits per heavy atom. The molecular weight excluding hydrogens is 542 g/mol. The third kappa shape index (κ3) is 8.65. The molecule has 0 aliphatic heterocycles. The van der Waals surface area contributed by atoms with Crippen molar-refractivity contribution in [2.75, 3.05) is 0 Å². The van der Waals surface area contributed by atoms with Gasteiger partial charge in [0, 0.05) is 6.04 Å². The normalized spacial score (nSPS) is 14.3. The summed E-state index contributed by atoms with van der Waals surface area (Å²) in [6.07, 6.45) is 19.9. The van der Waals surface area contributed by atoms with E-state index in [1.807, 2.05) is 0 Å². The second kappa shape index (κ2) is 16.8. The fraction of sp³-hybridized carbons (Fsp3) is 0.409. The van der Waals surface area contributed by atoms with Crippen molar-refractivity contribution in [2.24, 2.45) is 5.73 Å². The number of nitrogens with two attached hydrogens (primary N) is 1. The van der Waals surface area contributed by atoms with E-state index in [0.29, 0.717) is 0 Å². The molecule has 45 heavy (non-hydrogen) atoms. The summed E-state index contributed by atoms with van der Waals surface area (Å²) in [6, 6.07) is 20.7. The molecule has 238 valence electrons. The van der Waals surface area contributed by atoms with Gasteiger partial charge in [0.2, 0.25) is 0 Å². The van der Waals surface area contributed by atoms with Crippen LogP contribution in [0.3, 0.4) is 0 Å². The van der Waals surface area contributed by atoms with Gasteiger partial charge in [0.25, 0.3) is 0 Å². The van der Waals surface area contributed by atoms with Gasteiger partial charge in [-0.05, 0) is 132 Å². The lowest BCUT2D eigenvalue weighted by Gasteiger charge is -2.22. The molecular formula is C44H57N. The molecule has 0 radical (unpaired) electrons. The molecule has 1 aliphatic carbocycles. The van der Waals surface area contributed by atoms with Crippen LogP contribution in [0.5, 0.6) is 0 Å². The van der Waals surface area contributed by atoms with Crippen molar-refractivity contribution < 1.29 is 0 Å². The van der Waals surface area contributed by atoms with E-state index < -0.39 is 0 Å². The first-order valence-electron chi connectivity index (χ1n) is 17.7. The van der Waals surface area contributed by atoms with Gasteiger partial charge in [0.1, 0.15) is 0 Å². The summed E-state index contributed by atoms with van der Waals surface area (Å²) in [5.41, 5.74) is 23.7. The zero-order chi connectivity index (χ0) is 32.3. The third-order valence-corrected chi connectivity index (χ3v) is 9.49. The van der Waals surface area contributed by atoms with Gasteiger partial charge in [-0.2, -0.15) is 0 Å². The Balaban J connectivity index is 1.87. The van der Waals surface area contributed by atoms with Crippen LogP contribution >= 0.6 is 0 Å². The van der Waals surface area contributed by atoms with Crippen molar-refractivity contribution in [3.8, 4) is 11.1 Å². The monoisotopic (exact) mass is 599 g/mol. The minimum atomic E-state index is -0.0204. The highest BCUT2D eigenvalue weighted by Crippen LogP contribution is 2.40. The highest BCUT2D eigenvalue weighted by molar-refractivity contribution is 6.06. The summed E-state index contributed by atoms with van der Waals surface area (Å²) in [4.78, 5) is 0. The average molecular weight is 600 g/mol. The Bertz CT molecular complexity index is 1540. The molecule has 4 rings (SSSR count). The Morgan fingerprint density at radius 2 is 1.64 bits per heavy atom. The number of hydrogen-bond acceptors (Lipinski definition) is 1. The van der Waals surface area contributed by atoms with E-state index in [1.165, 1.54) is 94.2 Å². The van der Waals surface area contributed by atoms with Crippen molar-refractivity contribution >= 4 is 22.8 Å². The molecule has 3 aromatic rings. The van der Waals surface area contributed by atoms with Crippen LogP contribution in [0.2, 0.25) is 0 Å². The van der Waals surface area contributed by atoms with Gasteiger partial charge in [-0.3, -0.25) is 0 Å². The number of aryl methyl sites for hydroxylation is 2. The Morgan fingerprint density at radius 3 is 2.27 bits per heavy atom.